The Bertz CT molecular complexity index is 695. The van der Waals surface area contributed by atoms with Crippen molar-refractivity contribution >= 4 is 29.7 Å². The van der Waals surface area contributed by atoms with Crippen LogP contribution in [0.25, 0.3) is 0 Å². The Morgan fingerprint density at radius 1 is 1.38 bits per heavy atom. The second kappa shape index (κ2) is 8.72. The van der Waals surface area contributed by atoms with Gasteiger partial charge >= 0.3 is 0 Å². The number of benzene rings is 1. The monoisotopic (exact) mass is 371 g/mol. The number of thiazole rings is 1. The van der Waals surface area contributed by atoms with Crippen LogP contribution in [0.3, 0.4) is 0 Å². The molecule has 0 spiro atoms. The smallest absolute Gasteiger partial charge is 0.270 e. The van der Waals surface area contributed by atoms with Gasteiger partial charge in [0, 0.05) is 17.9 Å². The molecule has 24 heavy (non-hydrogen) atoms. The highest BCUT2D eigenvalue weighted by atomic mass is 35.5. The fraction of sp³-hybridized carbons (Fsp3) is 0.333. The highest BCUT2D eigenvalue weighted by Crippen LogP contribution is 2.34. The minimum Gasteiger partial charge on any atom is -0.492 e. The predicted molar refractivity (Wildman–Crippen MR) is 92.5 cm³/mol. The first-order valence-corrected chi connectivity index (χ1v) is 8.09. The number of hydrogen-bond acceptors (Lipinski definition) is 7. The third-order valence-corrected chi connectivity index (χ3v) is 4.05. The molecule has 2 aromatic rings. The highest BCUT2D eigenvalue weighted by Gasteiger charge is 2.14. The van der Waals surface area contributed by atoms with Gasteiger partial charge in [-0.15, -0.1) is 23.7 Å². The maximum atomic E-state index is 11.9. The van der Waals surface area contributed by atoms with Crippen molar-refractivity contribution < 1.29 is 19.0 Å². The Balaban J connectivity index is 0.00000208. The lowest BCUT2D eigenvalue weighted by molar-refractivity contribution is 0.0942. The maximum Gasteiger partial charge on any atom is 0.270 e. The van der Waals surface area contributed by atoms with Crippen molar-refractivity contribution in [1.82, 2.24) is 10.3 Å². The summed E-state index contributed by atoms with van der Waals surface area (Å²) in [6.45, 7) is 1.49. The number of carbonyl (C=O) groups is 1. The molecule has 7 nitrogen and oxygen atoms in total. The molecule has 1 aromatic carbocycles. The van der Waals surface area contributed by atoms with E-state index in [9.17, 15) is 4.79 Å². The lowest BCUT2D eigenvalue weighted by atomic mass is 10.3. The van der Waals surface area contributed by atoms with E-state index >= 15 is 0 Å². The minimum absolute atomic E-state index is 0. The summed E-state index contributed by atoms with van der Waals surface area (Å²) in [5, 5.41) is 5.37. The highest BCUT2D eigenvalue weighted by molar-refractivity contribution is 7.09. The largest absolute Gasteiger partial charge is 0.492 e. The zero-order valence-electron chi connectivity index (χ0n) is 12.8. The molecule has 0 unspecified atom stereocenters. The van der Waals surface area contributed by atoms with Crippen molar-refractivity contribution in [1.29, 1.82) is 0 Å². The van der Waals surface area contributed by atoms with E-state index < -0.39 is 0 Å². The van der Waals surface area contributed by atoms with Crippen LogP contribution >= 0.6 is 23.7 Å². The summed E-state index contributed by atoms with van der Waals surface area (Å²) >= 11 is 1.44. The van der Waals surface area contributed by atoms with Crippen molar-refractivity contribution in [2.45, 2.75) is 6.42 Å². The van der Waals surface area contributed by atoms with E-state index in [0.29, 0.717) is 49.1 Å². The summed E-state index contributed by atoms with van der Waals surface area (Å²) in [5.41, 5.74) is 5.88. The van der Waals surface area contributed by atoms with Crippen LogP contribution in [0.2, 0.25) is 0 Å². The van der Waals surface area contributed by atoms with Crippen molar-refractivity contribution in [3.05, 3.63) is 34.3 Å². The van der Waals surface area contributed by atoms with E-state index in [1.54, 1.807) is 23.6 Å². The Labute approximate surface area is 149 Å². The molecule has 2 heterocycles. The lowest BCUT2D eigenvalue weighted by Gasteiger charge is -2.07. The van der Waals surface area contributed by atoms with Crippen LogP contribution in [0.1, 0.15) is 15.5 Å². The van der Waals surface area contributed by atoms with Crippen LogP contribution in [-0.2, 0) is 6.42 Å². The fourth-order valence-corrected chi connectivity index (χ4v) is 2.84. The van der Waals surface area contributed by atoms with Crippen LogP contribution in [0.15, 0.2) is 23.6 Å². The average Bonchev–Trinajstić information content (AvgIpc) is 3.20. The van der Waals surface area contributed by atoms with Crippen LogP contribution in [0, 0.1) is 0 Å². The van der Waals surface area contributed by atoms with Gasteiger partial charge in [0.2, 0.25) is 6.79 Å². The molecule has 3 N–H and O–H groups in total. The minimum atomic E-state index is -0.209. The number of nitrogens with two attached hydrogens (primary N) is 1. The van der Waals surface area contributed by atoms with E-state index in [1.165, 1.54) is 11.3 Å². The number of hydrogen-bond donors (Lipinski definition) is 2. The lowest BCUT2D eigenvalue weighted by Crippen LogP contribution is -2.28. The molecule has 1 amide bonds. The summed E-state index contributed by atoms with van der Waals surface area (Å²) in [6, 6.07) is 5.36. The molecule has 1 aliphatic heterocycles. The first kappa shape index (κ1) is 18.3. The molecule has 0 saturated heterocycles. The normalized spacial score (nSPS) is 11.7. The SMILES string of the molecule is Cl.NCCc1nc(C(=O)NCCOc2ccc3c(c2)OCO3)cs1. The summed E-state index contributed by atoms with van der Waals surface area (Å²) in [5.74, 6) is 1.84. The van der Waals surface area contributed by atoms with Gasteiger partial charge in [0.25, 0.3) is 5.91 Å². The topological polar surface area (TPSA) is 95.7 Å². The van der Waals surface area contributed by atoms with Gasteiger partial charge in [0.15, 0.2) is 11.5 Å². The van der Waals surface area contributed by atoms with Crippen LogP contribution in [-0.4, -0.2) is 37.4 Å². The van der Waals surface area contributed by atoms with Gasteiger partial charge in [-0.2, -0.15) is 0 Å². The van der Waals surface area contributed by atoms with Gasteiger partial charge in [-0.05, 0) is 18.7 Å². The average molecular weight is 372 g/mol. The number of nitrogens with zero attached hydrogens (tertiary/aromatic N) is 1. The molecular weight excluding hydrogens is 354 g/mol. The van der Waals surface area contributed by atoms with E-state index in [2.05, 4.69) is 10.3 Å². The fourth-order valence-electron chi connectivity index (χ4n) is 2.04. The van der Waals surface area contributed by atoms with Crippen molar-refractivity contribution in [2.24, 2.45) is 5.73 Å². The third kappa shape index (κ3) is 4.50. The van der Waals surface area contributed by atoms with E-state index in [1.807, 2.05) is 0 Å². The summed E-state index contributed by atoms with van der Waals surface area (Å²) < 4.78 is 16.1. The Kier molecular flexibility index (Phi) is 6.65. The second-order valence-corrected chi connectivity index (χ2v) is 5.73. The number of fused-ring (bicyclic) bond motifs is 1. The molecule has 0 saturated carbocycles. The maximum absolute atomic E-state index is 11.9. The molecule has 0 fully saturated rings. The van der Waals surface area contributed by atoms with Crippen molar-refractivity contribution in [3.8, 4) is 17.2 Å². The number of nitrogens with one attached hydrogen (secondary N) is 1. The molecular formula is C15H18ClN3O4S. The molecule has 0 atom stereocenters. The number of amides is 1. The van der Waals surface area contributed by atoms with Gasteiger partial charge in [-0.3, -0.25) is 4.79 Å². The summed E-state index contributed by atoms with van der Waals surface area (Å²) in [4.78, 5) is 16.2. The Morgan fingerprint density at radius 3 is 3.04 bits per heavy atom. The molecule has 3 rings (SSSR count). The number of carbonyl (C=O) groups excluding carboxylic acids is 1. The van der Waals surface area contributed by atoms with Crippen molar-refractivity contribution in [2.75, 3.05) is 26.5 Å². The molecule has 9 heteroatoms. The zero-order valence-corrected chi connectivity index (χ0v) is 14.5. The van der Waals surface area contributed by atoms with Gasteiger partial charge < -0.3 is 25.3 Å². The molecule has 1 aromatic heterocycles. The van der Waals surface area contributed by atoms with E-state index in [4.69, 9.17) is 19.9 Å². The van der Waals surface area contributed by atoms with E-state index in [-0.39, 0.29) is 25.1 Å². The molecule has 1 aliphatic rings. The van der Waals surface area contributed by atoms with Gasteiger partial charge in [-0.1, -0.05) is 0 Å². The third-order valence-electron chi connectivity index (χ3n) is 3.14. The first-order valence-electron chi connectivity index (χ1n) is 7.21. The van der Waals surface area contributed by atoms with Crippen LogP contribution < -0.4 is 25.3 Å². The summed E-state index contributed by atoms with van der Waals surface area (Å²) in [6.07, 6.45) is 0.686. The van der Waals surface area contributed by atoms with Crippen LogP contribution in [0.4, 0.5) is 0 Å². The van der Waals surface area contributed by atoms with Crippen molar-refractivity contribution in [3.63, 3.8) is 0 Å². The molecule has 0 aliphatic carbocycles. The molecule has 0 bridgehead atoms. The number of rotatable bonds is 7. The first-order chi connectivity index (χ1) is 11.3. The zero-order chi connectivity index (χ0) is 16.1. The number of aromatic nitrogens is 1. The quantitative estimate of drug-likeness (QED) is 0.718. The number of halogens is 1. The molecule has 130 valence electrons. The second-order valence-electron chi connectivity index (χ2n) is 4.78. The number of ether oxygens (including phenoxy) is 3. The molecule has 0 radical (unpaired) electrons. The van der Waals surface area contributed by atoms with Gasteiger partial charge in [0.05, 0.1) is 11.6 Å². The Hall–Kier alpha value is -2.03. The standard InChI is InChI=1S/C15H17N3O4S.ClH/c16-4-3-14-18-11(8-23-14)15(19)17-5-6-20-10-1-2-12-13(7-10)22-9-21-12;/h1-2,7-8H,3-6,9,16H2,(H,17,19);1H. The summed E-state index contributed by atoms with van der Waals surface area (Å²) in [7, 11) is 0. The Morgan fingerprint density at radius 2 is 2.21 bits per heavy atom. The van der Waals surface area contributed by atoms with Gasteiger partial charge in [-0.25, -0.2) is 4.98 Å². The van der Waals surface area contributed by atoms with E-state index in [0.717, 1.165) is 5.01 Å². The van der Waals surface area contributed by atoms with Crippen LogP contribution in [0.5, 0.6) is 17.2 Å². The van der Waals surface area contributed by atoms with Gasteiger partial charge in [0.1, 0.15) is 18.1 Å². The predicted octanol–water partition coefficient (Wildman–Crippen LogP) is 1.60.